The molecule has 142 valence electrons. The van der Waals surface area contributed by atoms with Gasteiger partial charge in [0.1, 0.15) is 5.75 Å². The molecule has 1 aliphatic heterocycles. The van der Waals surface area contributed by atoms with Crippen LogP contribution >= 0.6 is 15.9 Å². The number of carbonyl (C=O) groups excluding carboxylic acids is 1. The number of hydrogen-bond donors (Lipinski definition) is 0. The third kappa shape index (κ3) is 4.99. The van der Waals surface area contributed by atoms with Crippen LogP contribution in [0.2, 0.25) is 0 Å². The summed E-state index contributed by atoms with van der Waals surface area (Å²) in [6.07, 6.45) is 1.75. The lowest BCUT2D eigenvalue weighted by molar-refractivity contribution is -0.118. The van der Waals surface area contributed by atoms with E-state index >= 15 is 0 Å². The molecule has 2 aromatic carbocycles. The fourth-order valence-electron chi connectivity index (χ4n) is 2.97. The lowest BCUT2D eigenvalue weighted by atomic mass is 10.1. The second-order valence-corrected chi connectivity index (χ2v) is 9.07. The van der Waals surface area contributed by atoms with Gasteiger partial charge in [-0.1, -0.05) is 28.1 Å². The van der Waals surface area contributed by atoms with Crippen molar-refractivity contribution in [2.45, 2.75) is 19.4 Å². The molecule has 0 saturated heterocycles. The highest BCUT2D eigenvalue weighted by Crippen LogP contribution is 2.26. The van der Waals surface area contributed by atoms with Crippen molar-refractivity contribution in [3.05, 3.63) is 70.1 Å². The number of ether oxygens (including phenoxy) is 1. The van der Waals surface area contributed by atoms with E-state index in [1.165, 1.54) is 5.41 Å². The van der Waals surface area contributed by atoms with Crippen molar-refractivity contribution < 1.29 is 17.9 Å². The third-order valence-electron chi connectivity index (χ3n) is 4.21. The summed E-state index contributed by atoms with van der Waals surface area (Å²) in [5.74, 6) is 0.495. The Labute approximate surface area is 167 Å². The molecule has 0 N–H and O–H groups in total. The molecule has 5 nitrogen and oxygen atoms in total. The Balaban J connectivity index is 1.84. The maximum atomic E-state index is 13.1. The van der Waals surface area contributed by atoms with Crippen LogP contribution in [-0.4, -0.2) is 32.7 Å². The van der Waals surface area contributed by atoms with Crippen molar-refractivity contribution in [3.63, 3.8) is 0 Å². The number of rotatable bonds is 6. The minimum Gasteiger partial charge on any atom is -0.494 e. The van der Waals surface area contributed by atoms with E-state index in [1.807, 2.05) is 43.3 Å². The van der Waals surface area contributed by atoms with E-state index in [-0.39, 0.29) is 18.1 Å². The molecule has 0 unspecified atom stereocenters. The summed E-state index contributed by atoms with van der Waals surface area (Å²) in [5, 5.41) is 1.19. The SMILES string of the molecule is CCOc1ccc(CC(=O)N(c2ccc(Br)cc2)[C@@H]2C=CS(=O)(=O)C2)cc1. The van der Waals surface area contributed by atoms with Crippen molar-refractivity contribution in [3.8, 4) is 5.75 Å². The topological polar surface area (TPSA) is 63.7 Å². The van der Waals surface area contributed by atoms with Gasteiger partial charge in [0.2, 0.25) is 5.91 Å². The molecule has 1 heterocycles. The van der Waals surface area contributed by atoms with Crippen molar-refractivity contribution in [2.75, 3.05) is 17.3 Å². The predicted molar refractivity (Wildman–Crippen MR) is 110 cm³/mol. The summed E-state index contributed by atoms with van der Waals surface area (Å²) < 4.78 is 30.0. The average molecular weight is 450 g/mol. The molecule has 0 radical (unpaired) electrons. The number of halogens is 1. The number of carbonyl (C=O) groups is 1. The molecule has 27 heavy (non-hydrogen) atoms. The van der Waals surface area contributed by atoms with Crippen molar-refractivity contribution >= 4 is 37.4 Å². The molecular weight excluding hydrogens is 430 g/mol. The fraction of sp³-hybridized carbons (Fsp3) is 0.250. The molecule has 0 saturated carbocycles. The van der Waals surface area contributed by atoms with Crippen LogP contribution in [0.5, 0.6) is 5.75 Å². The second-order valence-electron chi connectivity index (χ2n) is 6.22. The van der Waals surface area contributed by atoms with E-state index in [0.717, 1.165) is 15.8 Å². The van der Waals surface area contributed by atoms with Gasteiger partial charge in [0.25, 0.3) is 0 Å². The van der Waals surface area contributed by atoms with Crippen LogP contribution in [0.3, 0.4) is 0 Å². The number of nitrogens with zero attached hydrogens (tertiary/aromatic N) is 1. The fourth-order valence-corrected chi connectivity index (χ4v) is 4.50. The lowest BCUT2D eigenvalue weighted by Crippen LogP contribution is -2.42. The van der Waals surface area contributed by atoms with Crippen LogP contribution in [0.4, 0.5) is 5.69 Å². The Bertz CT molecular complexity index is 937. The molecule has 1 aliphatic rings. The summed E-state index contributed by atoms with van der Waals surface area (Å²) >= 11 is 3.38. The molecule has 7 heteroatoms. The Morgan fingerprint density at radius 2 is 1.81 bits per heavy atom. The minimum absolute atomic E-state index is 0.0991. The third-order valence-corrected chi connectivity index (χ3v) is 6.11. The zero-order chi connectivity index (χ0) is 19.4. The van der Waals surface area contributed by atoms with Gasteiger partial charge in [0, 0.05) is 15.6 Å². The quantitative estimate of drug-likeness (QED) is 0.673. The standard InChI is InChI=1S/C20H20BrNO4S/c1-2-26-19-9-3-15(4-10-19)13-20(23)22(17-7-5-16(21)6-8-17)18-11-12-27(24,25)14-18/h3-12,18H,2,13-14H2,1H3/t18-/m1/s1. The van der Waals surface area contributed by atoms with E-state index in [9.17, 15) is 13.2 Å². The summed E-state index contributed by atoms with van der Waals surface area (Å²) in [4.78, 5) is 14.6. The largest absolute Gasteiger partial charge is 0.494 e. The maximum absolute atomic E-state index is 13.1. The van der Waals surface area contributed by atoms with Crippen LogP contribution in [0, 0.1) is 0 Å². The van der Waals surface area contributed by atoms with E-state index in [2.05, 4.69) is 15.9 Å². The van der Waals surface area contributed by atoms with Crippen LogP contribution < -0.4 is 9.64 Å². The zero-order valence-electron chi connectivity index (χ0n) is 14.8. The van der Waals surface area contributed by atoms with Gasteiger partial charge in [0.15, 0.2) is 9.84 Å². The number of sulfone groups is 1. The van der Waals surface area contributed by atoms with Gasteiger partial charge in [-0.25, -0.2) is 8.42 Å². The second kappa shape index (κ2) is 8.27. The molecule has 1 atom stereocenters. The van der Waals surface area contributed by atoms with E-state index in [4.69, 9.17) is 4.74 Å². The average Bonchev–Trinajstić information content (AvgIpc) is 2.98. The number of anilines is 1. The van der Waals surface area contributed by atoms with Gasteiger partial charge in [-0.05, 0) is 55.0 Å². The Morgan fingerprint density at radius 1 is 1.15 bits per heavy atom. The number of amides is 1. The molecule has 3 rings (SSSR count). The van der Waals surface area contributed by atoms with Crippen LogP contribution in [0.15, 0.2) is 64.5 Å². The van der Waals surface area contributed by atoms with Crippen LogP contribution in [-0.2, 0) is 21.1 Å². The molecule has 2 aromatic rings. The first kappa shape index (κ1) is 19.6. The van der Waals surface area contributed by atoms with Gasteiger partial charge >= 0.3 is 0 Å². The first-order valence-corrected chi connectivity index (χ1v) is 11.1. The smallest absolute Gasteiger partial charge is 0.231 e. The normalized spacial score (nSPS) is 17.6. The molecule has 0 spiro atoms. The predicted octanol–water partition coefficient (Wildman–Crippen LogP) is 3.73. The van der Waals surface area contributed by atoms with Gasteiger partial charge in [-0.15, -0.1) is 0 Å². The van der Waals surface area contributed by atoms with Crippen molar-refractivity contribution in [1.82, 2.24) is 0 Å². The summed E-state index contributed by atoms with van der Waals surface area (Å²) in [6, 6.07) is 14.1. The highest BCUT2D eigenvalue weighted by Gasteiger charge is 2.31. The summed E-state index contributed by atoms with van der Waals surface area (Å²) in [5.41, 5.74) is 1.51. The zero-order valence-corrected chi connectivity index (χ0v) is 17.2. The molecule has 1 amide bonds. The first-order valence-electron chi connectivity index (χ1n) is 8.58. The molecular formula is C20H20BrNO4S. The summed E-state index contributed by atoms with van der Waals surface area (Å²) in [7, 11) is -3.28. The lowest BCUT2D eigenvalue weighted by Gasteiger charge is -2.28. The molecule has 0 aromatic heterocycles. The molecule has 0 aliphatic carbocycles. The van der Waals surface area contributed by atoms with E-state index < -0.39 is 15.9 Å². The Kier molecular flexibility index (Phi) is 6.01. The summed E-state index contributed by atoms with van der Waals surface area (Å²) in [6.45, 7) is 2.49. The minimum atomic E-state index is -3.28. The van der Waals surface area contributed by atoms with Crippen LogP contribution in [0.25, 0.3) is 0 Å². The van der Waals surface area contributed by atoms with E-state index in [1.54, 1.807) is 23.1 Å². The van der Waals surface area contributed by atoms with Crippen molar-refractivity contribution in [2.24, 2.45) is 0 Å². The van der Waals surface area contributed by atoms with E-state index in [0.29, 0.717) is 12.3 Å². The van der Waals surface area contributed by atoms with Gasteiger partial charge in [-0.3, -0.25) is 4.79 Å². The van der Waals surface area contributed by atoms with Gasteiger partial charge in [-0.2, -0.15) is 0 Å². The highest BCUT2D eigenvalue weighted by molar-refractivity contribution is 9.10. The molecule has 0 fully saturated rings. The number of benzene rings is 2. The number of hydrogen-bond acceptors (Lipinski definition) is 4. The van der Waals surface area contributed by atoms with Gasteiger partial charge < -0.3 is 9.64 Å². The first-order chi connectivity index (χ1) is 12.9. The monoisotopic (exact) mass is 449 g/mol. The van der Waals surface area contributed by atoms with Crippen LogP contribution in [0.1, 0.15) is 12.5 Å². The Morgan fingerprint density at radius 3 is 2.37 bits per heavy atom. The highest BCUT2D eigenvalue weighted by atomic mass is 79.9. The Hall–Kier alpha value is -2.12. The maximum Gasteiger partial charge on any atom is 0.231 e. The van der Waals surface area contributed by atoms with Crippen molar-refractivity contribution in [1.29, 1.82) is 0 Å². The molecule has 0 bridgehead atoms. The van der Waals surface area contributed by atoms with Gasteiger partial charge in [0.05, 0.1) is 24.8 Å².